The van der Waals surface area contributed by atoms with Crippen molar-refractivity contribution in [2.24, 2.45) is 0 Å². The van der Waals surface area contributed by atoms with Gasteiger partial charge in [-0.25, -0.2) is 0 Å². The Labute approximate surface area is 408 Å². The molecule has 1 heterocycles. The first-order chi connectivity index (χ1) is 34.7. The molecule has 2 nitrogen and oxygen atoms in total. The van der Waals surface area contributed by atoms with Crippen LogP contribution < -0.4 is 4.90 Å². The lowest BCUT2D eigenvalue weighted by Gasteiger charge is -2.26. The highest BCUT2D eigenvalue weighted by Crippen LogP contribution is 2.40. The number of rotatable bonds is 9. The Balaban J connectivity index is 0.826. The van der Waals surface area contributed by atoms with E-state index >= 15 is 0 Å². The third kappa shape index (κ3) is 7.49. The van der Waals surface area contributed by atoms with Gasteiger partial charge in [0.05, 0.1) is 16.7 Å². The lowest BCUT2D eigenvalue weighted by atomic mass is 9.97. The van der Waals surface area contributed by atoms with Gasteiger partial charge in [-0.15, -0.1) is 0 Å². The lowest BCUT2D eigenvalue weighted by molar-refractivity contribution is 1.18. The molecule has 12 aromatic carbocycles. The molecule has 0 atom stereocenters. The zero-order valence-corrected chi connectivity index (χ0v) is 38.5. The van der Waals surface area contributed by atoms with Crippen LogP contribution in [0, 0.1) is 0 Å². The summed E-state index contributed by atoms with van der Waals surface area (Å²) >= 11 is 0. The molecule has 0 aliphatic heterocycles. The van der Waals surface area contributed by atoms with Crippen molar-refractivity contribution in [3.8, 4) is 61.3 Å². The van der Waals surface area contributed by atoms with Crippen LogP contribution in [0.4, 0.5) is 17.1 Å². The minimum atomic E-state index is 1.09. The van der Waals surface area contributed by atoms with Gasteiger partial charge in [-0.1, -0.05) is 206 Å². The van der Waals surface area contributed by atoms with Crippen LogP contribution in [0.5, 0.6) is 0 Å². The zero-order chi connectivity index (χ0) is 46.4. The fourth-order valence-corrected chi connectivity index (χ4v) is 10.4. The topological polar surface area (TPSA) is 8.17 Å². The predicted octanol–water partition coefficient (Wildman–Crippen LogP) is 18.9. The van der Waals surface area contributed by atoms with Gasteiger partial charge in [-0.05, 0) is 144 Å². The Kier molecular flexibility index (Phi) is 10.2. The average Bonchev–Trinajstić information content (AvgIpc) is 3.78. The van der Waals surface area contributed by atoms with Crippen molar-refractivity contribution in [2.75, 3.05) is 4.90 Å². The molecule has 2 heteroatoms. The van der Waals surface area contributed by atoms with Crippen LogP contribution in [0.15, 0.2) is 279 Å². The van der Waals surface area contributed by atoms with Gasteiger partial charge in [0.2, 0.25) is 0 Å². The Morgan fingerprint density at radius 3 is 1.11 bits per heavy atom. The lowest BCUT2D eigenvalue weighted by Crippen LogP contribution is -2.09. The number of aromatic nitrogens is 1. The van der Waals surface area contributed by atoms with Crippen LogP contribution in [0.3, 0.4) is 0 Å². The molecule has 0 aliphatic carbocycles. The number of nitrogens with zero attached hydrogens (tertiary/aromatic N) is 2. The molecule has 0 saturated heterocycles. The van der Waals surface area contributed by atoms with Gasteiger partial charge in [-0.3, -0.25) is 0 Å². The van der Waals surface area contributed by atoms with Gasteiger partial charge in [0, 0.05) is 33.4 Å². The minimum absolute atomic E-state index is 1.09. The van der Waals surface area contributed by atoms with Crippen LogP contribution in [0.25, 0.3) is 105 Å². The quantitative estimate of drug-likeness (QED) is 0.140. The summed E-state index contributed by atoms with van der Waals surface area (Å²) in [5, 5.41) is 7.52. The van der Waals surface area contributed by atoms with Crippen molar-refractivity contribution in [3.05, 3.63) is 279 Å². The number of hydrogen-bond donors (Lipinski definition) is 0. The van der Waals surface area contributed by atoms with Gasteiger partial charge >= 0.3 is 0 Å². The van der Waals surface area contributed by atoms with E-state index in [2.05, 4.69) is 289 Å². The van der Waals surface area contributed by atoms with Crippen LogP contribution in [-0.2, 0) is 0 Å². The van der Waals surface area contributed by atoms with Crippen LogP contribution in [0.2, 0.25) is 0 Å². The molecule has 0 bridgehead atoms. The number of hydrogen-bond acceptors (Lipinski definition) is 1. The standard InChI is InChI=1S/C68H46N2/c1-3-14-54-45-58(30-26-47(54)12-1)52-36-42-62(43-37-52)69(61-40-34-51(35-41-61)56-16-11-17-57(44-56)59-31-27-48-13-2-4-15-55(48)46-59)60-38-32-50(33-39-60)49-24-28-53(29-25-49)63-18-5-8-21-66(63)70-67-22-9-6-19-64(67)65-20-7-10-23-68(65)70/h1-46H. The summed E-state index contributed by atoms with van der Waals surface area (Å²) in [5.74, 6) is 0. The summed E-state index contributed by atoms with van der Waals surface area (Å²) in [4.78, 5) is 2.36. The Morgan fingerprint density at radius 2 is 0.586 bits per heavy atom. The first kappa shape index (κ1) is 41.0. The third-order valence-electron chi connectivity index (χ3n) is 14.0. The highest BCUT2D eigenvalue weighted by molar-refractivity contribution is 6.09. The molecule has 0 saturated carbocycles. The summed E-state index contributed by atoms with van der Waals surface area (Å²) in [6.45, 7) is 0. The van der Waals surface area contributed by atoms with E-state index < -0.39 is 0 Å². The Morgan fingerprint density at radius 1 is 0.229 bits per heavy atom. The molecule has 0 aliphatic rings. The highest BCUT2D eigenvalue weighted by atomic mass is 15.1. The molecule has 0 unspecified atom stereocenters. The van der Waals surface area contributed by atoms with Crippen LogP contribution >= 0.6 is 0 Å². The van der Waals surface area contributed by atoms with Crippen molar-refractivity contribution in [2.45, 2.75) is 0 Å². The van der Waals surface area contributed by atoms with E-state index in [0.29, 0.717) is 0 Å². The molecule has 0 N–H and O–H groups in total. The van der Waals surface area contributed by atoms with E-state index in [1.807, 2.05) is 0 Å². The van der Waals surface area contributed by atoms with Crippen molar-refractivity contribution in [1.82, 2.24) is 4.57 Å². The van der Waals surface area contributed by atoms with Crippen molar-refractivity contribution in [1.29, 1.82) is 0 Å². The number of para-hydroxylation sites is 3. The van der Waals surface area contributed by atoms with Gasteiger partial charge in [0.25, 0.3) is 0 Å². The third-order valence-corrected chi connectivity index (χ3v) is 14.0. The van der Waals surface area contributed by atoms with E-state index in [1.54, 1.807) is 0 Å². The van der Waals surface area contributed by atoms with Gasteiger partial charge in [-0.2, -0.15) is 0 Å². The fraction of sp³-hybridized carbons (Fsp3) is 0. The van der Waals surface area contributed by atoms with Crippen molar-refractivity contribution in [3.63, 3.8) is 0 Å². The maximum Gasteiger partial charge on any atom is 0.0541 e. The molecular weight excluding hydrogens is 845 g/mol. The smallest absolute Gasteiger partial charge is 0.0541 e. The SMILES string of the molecule is c1cc(-c2ccc(N(c3ccc(-c4ccc(-c5ccccc5-n5c6ccccc6c6ccccc65)cc4)cc3)c3ccc(-c4ccc5ccccc5c4)cc3)cc2)cc(-c2ccc3ccccc3c2)c1. The molecule has 0 fully saturated rings. The van der Waals surface area contributed by atoms with E-state index in [9.17, 15) is 0 Å². The molecular formula is C68H46N2. The molecule has 13 rings (SSSR count). The summed E-state index contributed by atoms with van der Waals surface area (Å²) in [7, 11) is 0. The molecule has 70 heavy (non-hydrogen) atoms. The summed E-state index contributed by atoms with van der Waals surface area (Å²) in [6, 6.07) is 102. The fourth-order valence-electron chi connectivity index (χ4n) is 10.4. The molecule has 13 aromatic rings. The Hall–Kier alpha value is -9.24. The number of benzene rings is 12. The van der Waals surface area contributed by atoms with Crippen molar-refractivity contribution < 1.29 is 0 Å². The molecule has 328 valence electrons. The molecule has 1 aromatic heterocycles. The zero-order valence-electron chi connectivity index (χ0n) is 38.5. The van der Waals surface area contributed by atoms with Crippen LogP contribution in [0.1, 0.15) is 0 Å². The minimum Gasteiger partial charge on any atom is -0.311 e. The van der Waals surface area contributed by atoms with Crippen LogP contribution in [-0.4, -0.2) is 4.57 Å². The maximum absolute atomic E-state index is 2.41. The maximum atomic E-state index is 2.41. The number of anilines is 3. The molecule has 0 amide bonds. The Bertz CT molecular complexity index is 3980. The molecule has 0 radical (unpaired) electrons. The van der Waals surface area contributed by atoms with Gasteiger partial charge in [0.15, 0.2) is 0 Å². The highest BCUT2D eigenvalue weighted by Gasteiger charge is 2.17. The monoisotopic (exact) mass is 890 g/mol. The van der Waals surface area contributed by atoms with Gasteiger partial charge in [0.1, 0.15) is 0 Å². The van der Waals surface area contributed by atoms with E-state index in [0.717, 1.165) is 17.1 Å². The first-order valence-corrected chi connectivity index (χ1v) is 24.1. The normalized spacial score (nSPS) is 11.4. The number of fused-ring (bicyclic) bond motifs is 5. The van der Waals surface area contributed by atoms with E-state index in [1.165, 1.54) is 105 Å². The second-order valence-corrected chi connectivity index (χ2v) is 18.1. The second-order valence-electron chi connectivity index (χ2n) is 18.1. The van der Waals surface area contributed by atoms with E-state index in [4.69, 9.17) is 0 Å². The van der Waals surface area contributed by atoms with Crippen molar-refractivity contribution >= 4 is 60.4 Å². The first-order valence-electron chi connectivity index (χ1n) is 24.1. The largest absolute Gasteiger partial charge is 0.311 e. The predicted molar refractivity (Wildman–Crippen MR) is 298 cm³/mol. The summed E-state index contributed by atoms with van der Waals surface area (Å²) in [5.41, 5.74) is 18.8. The average molecular weight is 891 g/mol. The van der Waals surface area contributed by atoms with Gasteiger partial charge < -0.3 is 9.47 Å². The summed E-state index contributed by atoms with van der Waals surface area (Å²) < 4.78 is 2.41. The summed E-state index contributed by atoms with van der Waals surface area (Å²) in [6.07, 6.45) is 0. The second kappa shape index (κ2) is 17.4. The van der Waals surface area contributed by atoms with E-state index in [-0.39, 0.29) is 0 Å². The molecule has 0 spiro atoms.